The molecule has 0 fully saturated rings. The number of para-hydroxylation sites is 1. The number of anilines is 2. The van der Waals surface area contributed by atoms with Crippen LogP contribution in [-0.2, 0) is 0 Å². The van der Waals surface area contributed by atoms with Gasteiger partial charge < -0.3 is 5.32 Å². The smallest absolute Gasteiger partial charge is 0.101 e. The van der Waals surface area contributed by atoms with E-state index in [1.54, 1.807) is 11.3 Å². The van der Waals surface area contributed by atoms with E-state index in [4.69, 9.17) is 5.26 Å². The second-order valence-corrected chi connectivity index (χ2v) is 4.90. The largest absolute Gasteiger partial charge is 0.354 e. The highest BCUT2D eigenvalue weighted by molar-refractivity contribution is 7.17. The molecule has 86 valence electrons. The molecule has 3 heteroatoms. The number of nitriles is 1. The van der Waals surface area contributed by atoms with Gasteiger partial charge in [-0.3, -0.25) is 0 Å². The minimum atomic E-state index is 0.655. The fourth-order valence-electron chi connectivity index (χ4n) is 1.89. The van der Waals surface area contributed by atoms with Crippen molar-refractivity contribution in [3.05, 3.63) is 59.5 Å². The van der Waals surface area contributed by atoms with Crippen molar-refractivity contribution in [2.24, 2.45) is 0 Å². The lowest BCUT2D eigenvalue weighted by molar-refractivity contribution is 1.46. The second-order valence-electron chi connectivity index (χ2n) is 3.96. The molecule has 0 amide bonds. The van der Waals surface area contributed by atoms with Crippen molar-refractivity contribution < 1.29 is 0 Å². The fraction of sp³-hybridized carbons (Fsp3) is 0. The van der Waals surface area contributed by atoms with Gasteiger partial charge in [0.2, 0.25) is 0 Å². The first-order chi connectivity index (χ1) is 8.86. The number of nitrogens with one attached hydrogen (secondary N) is 1. The van der Waals surface area contributed by atoms with E-state index in [2.05, 4.69) is 35.0 Å². The lowest BCUT2D eigenvalue weighted by Gasteiger charge is -2.07. The van der Waals surface area contributed by atoms with E-state index in [1.807, 2.05) is 30.3 Å². The summed E-state index contributed by atoms with van der Waals surface area (Å²) in [5, 5.41) is 15.6. The van der Waals surface area contributed by atoms with Gasteiger partial charge in [-0.15, -0.1) is 11.3 Å². The van der Waals surface area contributed by atoms with Crippen LogP contribution in [0.4, 0.5) is 11.4 Å². The highest BCUT2D eigenvalue weighted by Crippen LogP contribution is 2.26. The molecular formula is C15H10N2S. The average Bonchev–Trinajstić information content (AvgIpc) is 2.87. The van der Waals surface area contributed by atoms with Gasteiger partial charge in [0.15, 0.2) is 0 Å². The summed E-state index contributed by atoms with van der Waals surface area (Å²) in [6.45, 7) is 0. The van der Waals surface area contributed by atoms with Crippen LogP contribution in [0.2, 0.25) is 0 Å². The third-order valence-electron chi connectivity index (χ3n) is 2.78. The molecule has 0 aliphatic heterocycles. The summed E-state index contributed by atoms with van der Waals surface area (Å²) >= 11 is 1.73. The summed E-state index contributed by atoms with van der Waals surface area (Å²) in [7, 11) is 0. The SMILES string of the molecule is N#Cc1ccccc1Nc1ccc2sccc2c1. The molecular weight excluding hydrogens is 240 g/mol. The lowest BCUT2D eigenvalue weighted by Crippen LogP contribution is -1.92. The van der Waals surface area contributed by atoms with E-state index in [1.165, 1.54) is 10.1 Å². The maximum absolute atomic E-state index is 9.05. The Morgan fingerprint density at radius 1 is 1.06 bits per heavy atom. The molecule has 0 saturated carbocycles. The molecule has 18 heavy (non-hydrogen) atoms. The zero-order valence-corrected chi connectivity index (χ0v) is 10.4. The molecule has 1 heterocycles. The Labute approximate surface area is 109 Å². The minimum absolute atomic E-state index is 0.655. The predicted octanol–water partition coefficient (Wildman–Crippen LogP) is 4.52. The van der Waals surface area contributed by atoms with Crippen molar-refractivity contribution in [1.29, 1.82) is 5.26 Å². The Hall–Kier alpha value is -2.31. The number of rotatable bonds is 2. The minimum Gasteiger partial charge on any atom is -0.354 e. The van der Waals surface area contributed by atoms with Crippen LogP contribution in [0.3, 0.4) is 0 Å². The molecule has 1 aromatic heterocycles. The van der Waals surface area contributed by atoms with E-state index >= 15 is 0 Å². The van der Waals surface area contributed by atoms with Crippen LogP contribution in [0.5, 0.6) is 0 Å². The molecule has 0 radical (unpaired) electrons. The van der Waals surface area contributed by atoms with Crippen molar-refractivity contribution >= 4 is 32.8 Å². The van der Waals surface area contributed by atoms with Crippen LogP contribution in [0.15, 0.2) is 53.9 Å². The summed E-state index contributed by atoms with van der Waals surface area (Å²) in [6, 6.07) is 18.0. The highest BCUT2D eigenvalue weighted by atomic mass is 32.1. The molecule has 0 spiro atoms. The van der Waals surface area contributed by atoms with E-state index in [9.17, 15) is 0 Å². The number of thiophene rings is 1. The van der Waals surface area contributed by atoms with Crippen LogP contribution >= 0.6 is 11.3 Å². The Morgan fingerprint density at radius 2 is 1.94 bits per heavy atom. The van der Waals surface area contributed by atoms with Gasteiger partial charge in [0, 0.05) is 10.4 Å². The topological polar surface area (TPSA) is 35.8 Å². The molecule has 0 aliphatic rings. The fourth-order valence-corrected chi connectivity index (χ4v) is 2.66. The molecule has 0 aliphatic carbocycles. The van der Waals surface area contributed by atoms with Gasteiger partial charge in [0.25, 0.3) is 0 Å². The Bertz CT molecular complexity index is 737. The lowest BCUT2D eigenvalue weighted by atomic mass is 10.2. The highest BCUT2D eigenvalue weighted by Gasteiger charge is 2.02. The van der Waals surface area contributed by atoms with E-state index in [-0.39, 0.29) is 0 Å². The van der Waals surface area contributed by atoms with Gasteiger partial charge in [-0.2, -0.15) is 5.26 Å². The van der Waals surface area contributed by atoms with Crippen LogP contribution in [0, 0.1) is 11.3 Å². The van der Waals surface area contributed by atoms with E-state index in [0.29, 0.717) is 5.56 Å². The first-order valence-electron chi connectivity index (χ1n) is 5.60. The summed E-state index contributed by atoms with van der Waals surface area (Å²) in [5.41, 5.74) is 2.50. The maximum Gasteiger partial charge on any atom is 0.101 e. The standard InChI is InChI=1S/C15H10N2S/c16-10-12-3-1-2-4-14(12)17-13-5-6-15-11(9-13)7-8-18-15/h1-9,17H. The molecule has 0 unspecified atom stereocenters. The van der Waals surface area contributed by atoms with Gasteiger partial charge in [-0.05, 0) is 47.2 Å². The van der Waals surface area contributed by atoms with E-state index in [0.717, 1.165) is 11.4 Å². The van der Waals surface area contributed by atoms with Gasteiger partial charge in [-0.25, -0.2) is 0 Å². The normalized spacial score (nSPS) is 10.2. The third-order valence-corrected chi connectivity index (χ3v) is 3.68. The molecule has 1 N–H and O–H groups in total. The average molecular weight is 250 g/mol. The number of hydrogen-bond acceptors (Lipinski definition) is 3. The van der Waals surface area contributed by atoms with Crippen LogP contribution in [-0.4, -0.2) is 0 Å². The molecule has 2 aromatic carbocycles. The molecule has 0 atom stereocenters. The van der Waals surface area contributed by atoms with Crippen LogP contribution < -0.4 is 5.32 Å². The first-order valence-corrected chi connectivity index (χ1v) is 6.48. The predicted molar refractivity (Wildman–Crippen MR) is 76.3 cm³/mol. The van der Waals surface area contributed by atoms with Crippen molar-refractivity contribution in [3.63, 3.8) is 0 Å². The summed E-state index contributed by atoms with van der Waals surface area (Å²) < 4.78 is 1.27. The van der Waals surface area contributed by atoms with Gasteiger partial charge in [0.05, 0.1) is 11.3 Å². The molecule has 2 nitrogen and oxygen atoms in total. The number of hydrogen-bond donors (Lipinski definition) is 1. The summed E-state index contributed by atoms with van der Waals surface area (Å²) in [6.07, 6.45) is 0. The van der Waals surface area contributed by atoms with E-state index < -0.39 is 0 Å². The monoisotopic (exact) mass is 250 g/mol. The molecule has 0 saturated heterocycles. The number of fused-ring (bicyclic) bond motifs is 1. The van der Waals surface area contributed by atoms with Crippen LogP contribution in [0.1, 0.15) is 5.56 Å². The molecule has 3 rings (SSSR count). The Kier molecular flexibility index (Phi) is 2.71. The van der Waals surface area contributed by atoms with Crippen molar-refractivity contribution in [2.45, 2.75) is 0 Å². The number of nitrogens with zero attached hydrogens (tertiary/aromatic N) is 1. The van der Waals surface area contributed by atoms with Crippen molar-refractivity contribution in [3.8, 4) is 6.07 Å². The molecule has 3 aromatic rings. The zero-order valence-electron chi connectivity index (χ0n) is 9.55. The van der Waals surface area contributed by atoms with Crippen LogP contribution in [0.25, 0.3) is 10.1 Å². The summed E-state index contributed by atoms with van der Waals surface area (Å²) in [4.78, 5) is 0. The van der Waals surface area contributed by atoms with Gasteiger partial charge >= 0.3 is 0 Å². The maximum atomic E-state index is 9.05. The van der Waals surface area contributed by atoms with Crippen molar-refractivity contribution in [2.75, 3.05) is 5.32 Å². The summed E-state index contributed by atoms with van der Waals surface area (Å²) in [5.74, 6) is 0. The zero-order chi connectivity index (χ0) is 12.4. The Balaban J connectivity index is 1.98. The first kappa shape index (κ1) is 10.8. The second kappa shape index (κ2) is 4.52. The number of benzene rings is 2. The van der Waals surface area contributed by atoms with Crippen molar-refractivity contribution in [1.82, 2.24) is 0 Å². The molecule has 0 bridgehead atoms. The quantitative estimate of drug-likeness (QED) is 0.726. The van der Waals surface area contributed by atoms with Gasteiger partial charge in [0.1, 0.15) is 6.07 Å². The Morgan fingerprint density at radius 3 is 2.83 bits per heavy atom. The third kappa shape index (κ3) is 1.94. The van der Waals surface area contributed by atoms with Gasteiger partial charge in [-0.1, -0.05) is 12.1 Å².